The first-order valence-electron chi connectivity index (χ1n) is 7.89. The fourth-order valence-corrected chi connectivity index (χ4v) is 3.33. The Morgan fingerprint density at radius 1 is 1.33 bits per heavy atom. The molecule has 24 heavy (non-hydrogen) atoms. The summed E-state index contributed by atoms with van der Waals surface area (Å²) < 4.78 is 5.12. The van der Waals surface area contributed by atoms with Gasteiger partial charge in [0.05, 0.1) is 19.2 Å². The Bertz CT molecular complexity index is 672. The molecule has 6 heteroatoms. The van der Waals surface area contributed by atoms with Crippen LogP contribution in [-0.4, -0.2) is 36.3 Å². The number of nitrogens with zero attached hydrogens (tertiary/aromatic N) is 1. The fourth-order valence-electron chi connectivity index (χ4n) is 2.42. The SMILES string of the molecule is COCCN(Cc1ccc(C)s1)C(=O)N[C@@H](C)c1ccccc1O. The van der Waals surface area contributed by atoms with Gasteiger partial charge in [0.2, 0.25) is 0 Å². The molecule has 1 heterocycles. The molecule has 1 aromatic heterocycles. The van der Waals surface area contributed by atoms with Crippen LogP contribution in [0, 0.1) is 6.92 Å². The molecule has 0 radical (unpaired) electrons. The van der Waals surface area contributed by atoms with Crippen LogP contribution in [0.25, 0.3) is 0 Å². The average molecular weight is 348 g/mol. The third-order valence-corrected chi connectivity index (χ3v) is 4.72. The number of benzene rings is 1. The van der Waals surface area contributed by atoms with Gasteiger partial charge in [-0.15, -0.1) is 11.3 Å². The maximum atomic E-state index is 12.6. The van der Waals surface area contributed by atoms with E-state index in [9.17, 15) is 9.90 Å². The minimum atomic E-state index is -0.284. The minimum Gasteiger partial charge on any atom is -0.508 e. The summed E-state index contributed by atoms with van der Waals surface area (Å²) in [5.41, 5.74) is 0.699. The van der Waals surface area contributed by atoms with Gasteiger partial charge < -0.3 is 20.1 Å². The molecule has 2 N–H and O–H groups in total. The van der Waals surface area contributed by atoms with E-state index >= 15 is 0 Å². The van der Waals surface area contributed by atoms with Crippen LogP contribution in [0.1, 0.15) is 28.3 Å². The predicted octanol–water partition coefficient (Wildman–Crippen LogP) is 3.68. The topological polar surface area (TPSA) is 61.8 Å². The molecule has 0 fully saturated rings. The van der Waals surface area contributed by atoms with E-state index in [2.05, 4.69) is 11.4 Å². The van der Waals surface area contributed by atoms with Crippen molar-refractivity contribution < 1.29 is 14.6 Å². The third-order valence-electron chi connectivity index (χ3n) is 3.74. The smallest absolute Gasteiger partial charge is 0.318 e. The predicted molar refractivity (Wildman–Crippen MR) is 96.4 cm³/mol. The molecule has 2 amide bonds. The number of hydrogen-bond donors (Lipinski definition) is 2. The van der Waals surface area contributed by atoms with Crippen LogP contribution < -0.4 is 5.32 Å². The first kappa shape index (κ1) is 18.3. The van der Waals surface area contributed by atoms with Crippen LogP contribution in [0.2, 0.25) is 0 Å². The summed E-state index contributed by atoms with van der Waals surface area (Å²) in [6.45, 7) is 5.43. The molecule has 2 aromatic rings. The highest BCUT2D eigenvalue weighted by molar-refractivity contribution is 7.11. The summed E-state index contributed by atoms with van der Waals surface area (Å²) in [6.07, 6.45) is 0. The van der Waals surface area contributed by atoms with Crippen molar-refractivity contribution in [1.29, 1.82) is 0 Å². The van der Waals surface area contributed by atoms with Crippen LogP contribution in [0.4, 0.5) is 4.79 Å². The van der Waals surface area contributed by atoms with E-state index in [1.807, 2.05) is 32.0 Å². The van der Waals surface area contributed by atoms with Crippen molar-refractivity contribution in [2.75, 3.05) is 20.3 Å². The number of urea groups is 1. The fraction of sp³-hybridized carbons (Fsp3) is 0.389. The van der Waals surface area contributed by atoms with Gasteiger partial charge in [0.1, 0.15) is 5.75 Å². The summed E-state index contributed by atoms with van der Waals surface area (Å²) >= 11 is 1.68. The monoisotopic (exact) mass is 348 g/mol. The number of carbonyl (C=O) groups excluding carboxylic acids is 1. The molecule has 0 aliphatic carbocycles. The lowest BCUT2D eigenvalue weighted by atomic mass is 10.1. The number of amides is 2. The lowest BCUT2D eigenvalue weighted by Gasteiger charge is -2.25. The van der Waals surface area contributed by atoms with Gasteiger partial charge >= 0.3 is 6.03 Å². The van der Waals surface area contributed by atoms with Crippen molar-refractivity contribution in [1.82, 2.24) is 10.2 Å². The molecule has 0 saturated heterocycles. The number of hydrogen-bond acceptors (Lipinski definition) is 4. The Hall–Kier alpha value is -2.05. The molecular weight excluding hydrogens is 324 g/mol. The maximum absolute atomic E-state index is 12.6. The molecule has 0 spiro atoms. The summed E-state index contributed by atoms with van der Waals surface area (Å²) in [7, 11) is 1.62. The second-order valence-electron chi connectivity index (χ2n) is 5.66. The van der Waals surface area contributed by atoms with Crippen LogP contribution in [0.15, 0.2) is 36.4 Å². The Kier molecular flexibility index (Phi) is 6.63. The number of nitrogens with one attached hydrogen (secondary N) is 1. The Morgan fingerprint density at radius 2 is 2.08 bits per heavy atom. The van der Waals surface area contributed by atoms with E-state index in [0.29, 0.717) is 25.3 Å². The summed E-state index contributed by atoms with van der Waals surface area (Å²) in [5, 5.41) is 12.9. The number of aryl methyl sites for hydroxylation is 1. The van der Waals surface area contributed by atoms with Gasteiger partial charge in [0.25, 0.3) is 0 Å². The largest absolute Gasteiger partial charge is 0.508 e. The lowest BCUT2D eigenvalue weighted by Crippen LogP contribution is -2.42. The van der Waals surface area contributed by atoms with Crippen LogP contribution >= 0.6 is 11.3 Å². The van der Waals surface area contributed by atoms with Crippen molar-refractivity contribution >= 4 is 17.4 Å². The van der Waals surface area contributed by atoms with Gasteiger partial charge in [-0.05, 0) is 32.0 Å². The molecule has 5 nitrogen and oxygen atoms in total. The van der Waals surface area contributed by atoms with Crippen molar-refractivity contribution in [2.24, 2.45) is 0 Å². The van der Waals surface area contributed by atoms with E-state index in [4.69, 9.17) is 4.74 Å². The summed E-state index contributed by atoms with van der Waals surface area (Å²) in [4.78, 5) is 16.7. The Morgan fingerprint density at radius 3 is 2.71 bits per heavy atom. The first-order valence-corrected chi connectivity index (χ1v) is 8.70. The standard InChI is InChI=1S/C18H24N2O3S/c1-13-8-9-15(24-13)12-20(10-11-23-3)18(22)19-14(2)16-6-4-5-7-17(16)21/h4-9,14,21H,10-12H2,1-3H3,(H,19,22)/t14-/m0/s1. The Balaban J connectivity index is 2.05. The Labute approximate surface area is 146 Å². The third kappa shape index (κ3) is 4.97. The van der Waals surface area contributed by atoms with Crippen LogP contribution in [-0.2, 0) is 11.3 Å². The second-order valence-corrected chi connectivity index (χ2v) is 7.03. The molecular formula is C18H24N2O3S. The molecule has 0 aliphatic heterocycles. The quantitative estimate of drug-likeness (QED) is 0.802. The number of phenols is 1. The van der Waals surface area contributed by atoms with Crippen LogP contribution in [0.3, 0.4) is 0 Å². The van der Waals surface area contributed by atoms with Crippen molar-refractivity contribution in [2.45, 2.75) is 26.4 Å². The molecule has 0 saturated carbocycles. The highest BCUT2D eigenvalue weighted by atomic mass is 32.1. The number of aromatic hydroxyl groups is 1. The zero-order chi connectivity index (χ0) is 17.5. The van der Waals surface area contributed by atoms with Gasteiger partial charge in [0.15, 0.2) is 0 Å². The minimum absolute atomic E-state index is 0.172. The van der Waals surface area contributed by atoms with Crippen molar-refractivity contribution in [3.8, 4) is 5.75 Å². The maximum Gasteiger partial charge on any atom is 0.318 e. The second kappa shape index (κ2) is 8.70. The number of rotatable bonds is 7. The van der Waals surface area contributed by atoms with Crippen molar-refractivity contribution in [3.05, 3.63) is 51.7 Å². The van der Waals surface area contributed by atoms with E-state index < -0.39 is 0 Å². The zero-order valence-corrected chi connectivity index (χ0v) is 15.1. The van der Waals surface area contributed by atoms with Crippen LogP contribution in [0.5, 0.6) is 5.75 Å². The molecule has 1 aromatic carbocycles. The highest BCUT2D eigenvalue weighted by Crippen LogP contribution is 2.23. The van der Waals surface area contributed by atoms with Crippen molar-refractivity contribution in [3.63, 3.8) is 0 Å². The highest BCUT2D eigenvalue weighted by Gasteiger charge is 2.18. The van der Waals surface area contributed by atoms with Gasteiger partial charge in [-0.3, -0.25) is 0 Å². The van der Waals surface area contributed by atoms with E-state index in [1.165, 1.54) is 4.88 Å². The average Bonchev–Trinajstić information content (AvgIpc) is 2.96. The molecule has 2 rings (SSSR count). The number of thiophene rings is 1. The van der Waals surface area contributed by atoms with Gasteiger partial charge in [-0.1, -0.05) is 18.2 Å². The first-order chi connectivity index (χ1) is 11.5. The molecule has 0 aliphatic rings. The van der Waals surface area contributed by atoms with E-state index in [-0.39, 0.29) is 17.8 Å². The normalized spacial score (nSPS) is 12.0. The number of para-hydroxylation sites is 1. The lowest BCUT2D eigenvalue weighted by molar-refractivity contribution is 0.145. The zero-order valence-electron chi connectivity index (χ0n) is 14.3. The molecule has 1 atom stereocenters. The number of phenolic OH excluding ortho intramolecular Hbond substituents is 1. The summed E-state index contributed by atoms with van der Waals surface area (Å²) in [6, 6.07) is 10.7. The van der Waals surface area contributed by atoms with E-state index in [0.717, 1.165) is 4.88 Å². The number of carbonyl (C=O) groups is 1. The molecule has 0 unspecified atom stereocenters. The molecule has 130 valence electrons. The van der Waals surface area contributed by atoms with E-state index in [1.54, 1.807) is 35.5 Å². The number of ether oxygens (including phenoxy) is 1. The molecule has 0 bridgehead atoms. The van der Waals surface area contributed by atoms with Gasteiger partial charge in [0, 0.05) is 29.0 Å². The summed E-state index contributed by atoms with van der Waals surface area (Å²) in [5.74, 6) is 0.183. The number of methoxy groups -OCH3 is 1. The van der Waals surface area contributed by atoms with Gasteiger partial charge in [-0.2, -0.15) is 0 Å². The van der Waals surface area contributed by atoms with Gasteiger partial charge in [-0.25, -0.2) is 4.79 Å².